The minimum atomic E-state index is -1.94. The molecule has 0 saturated heterocycles. The molecule has 0 N–H and O–H groups in total. The molecule has 0 amide bonds. The van der Waals surface area contributed by atoms with Crippen molar-refractivity contribution in [2.24, 2.45) is 0 Å². The Morgan fingerprint density at radius 2 is 1.67 bits per heavy atom. The van der Waals surface area contributed by atoms with Crippen LogP contribution in [0.15, 0.2) is 0 Å². The number of hydrogen-bond donors (Lipinski definition) is 0. The van der Waals surface area contributed by atoms with Gasteiger partial charge in [-0.2, -0.15) is 0 Å². The highest BCUT2D eigenvalue weighted by atomic mass is 35.9. The van der Waals surface area contributed by atoms with Crippen molar-refractivity contribution in [2.75, 3.05) is 0 Å². The molecule has 0 spiro atoms. The molecule has 0 bridgehead atoms. The lowest BCUT2D eigenvalue weighted by Crippen LogP contribution is -1.92. The summed E-state index contributed by atoms with van der Waals surface area (Å²) in [7, 11) is 0. The zero-order valence-corrected chi connectivity index (χ0v) is 8.24. The third-order valence-electron chi connectivity index (χ3n) is 1.75. The van der Waals surface area contributed by atoms with Crippen molar-refractivity contribution in [2.45, 2.75) is 31.3 Å². The first-order valence-corrected chi connectivity index (χ1v) is 7.78. The van der Waals surface area contributed by atoms with Crippen LogP contribution in [0.25, 0.3) is 0 Å². The minimum Gasteiger partial charge on any atom is -0.0681 e. The number of halogens is 2. The van der Waals surface area contributed by atoms with Crippen LogP contribution in [-0.4, -0.2) is 5.66 Å². The van der Waals surface area contributed by atoms with E-state index in [4.69, 9.17) is 34.3 Å². The Hall–Kier alpha value is 1.23. The van der Waals surface area contributed by atoms with E-state index in [2.05, 4.69) is 0 Å². The molecule has 9 heavy (non-hydrogen) atoms. The van der Waals surface area contributed by atoms with Crippen molar-refractivity contribution in [3.63, 3.8) is 0 Å². The Kier molecular flexibility index (Phi) is 2.86. The largest absolute Gasteiger partial charge is 0.122 e. The van der Waals surface area contributed by atoms with Crippen molar-refractivity contribution >= 4 is 39.0 Å². The summed E-state index contributed by atoms with van der Waals surface area (Å²) in [4.78, 5) is 0. The smallest absolute Gasteiger partial charge is 0.0681 e. The van der Waals surface area contributed by atoms with E-state index in [0.29, 0.717) is 5.66 Å². The average molecular weight is 203 g/mol. The SMILES string of the molecule is S=P(Cl)(Cl)C1CCCC1. The maximum absolute atomic E-state index is 5.83. The van der Waals surface area contributed by atoms with Crippen LogP contribution < -0.4 is 0 Å². The molecule has 4 heteroatoms. The molecule has 0 heterocycles. The van der Waals surface area contributed by atoms with Crippen molar-refractivity contribution in [3.8, 4) is 0 Å². The predicted octanol–water partition coefficient (Wildman–Crippen LogP) is 3.72. The van der Waals surface area contributed by atoms with Crippen molar-refractivity contribution in [3.05, 3.63) is 0 Å². The summed E-state index contributed by atoms with van der Waals surface area (Å²) in [5.41, 5.74) is 0.468. The zero-order valence-electron chi connectivity index (χ0n) is 5.02. The van der Waals surface area contributed by atoms with E-state index >= 15 is 0 Å². The second-order valence-corrected chi connectivity index (χ2v) is 10.8. The molecule has 54 valence electrons. The molecule has 0 aromatic heterocycles. The Bertz CT molecular complexity index is 136. The molecule has 0 atom stereocenters. The normalized spacial score (nSPS) is 22.9. The fourth-order valence-electron chi connectivity index (χ4n) is 1.20. The lowest BCUT2D eigenvalue weighted by atomic mass is 10.4. The average Bonchev–Trinajstić information content (AvgIpc) is 2.08. The second kappa shape index (κ2) is 3.09. The van der Waals surface area contributed by atoms with Gasteiger partial charge in [-0.3, -0.25) is 0 Å². The van der Waals surface area contributed by atoms with Gasteiger partial charge in [0.15, 0.2) is 0 Å². The summed E-state index contributed by atoms with van der Waals surface area (Å²) in [6.07, 6.45) is 4.85. The quantitative estimate of drug-likeness (QED) is 0.585. The molecular formula is C5H9Cl2PS. The van der Waals surface area contributed by atoms with E-state index in [1.54, 1.807) is 0 Å². The summed E-state index contributed by atoms with van der Waals surface area (Å²) >= 11 is 16.6. The van der Waals surface area contributed by atoms with Gasteiger partial charge in [-0.15, -0.1) is 0 Å². The van der Waals surface area contributed by atoms with Gasteiger partial charge in [0.05, 0.1) is 0 Å². The molecular weight excluding hydrogens is 194 g/mol. The fourth-order valence-corrected chi connectivity index (χ4v) is 3.97. The van der Waals surface area contributed by atoms with E-state index in [0.717, 1.165) is 12.8 Å². The van der Waals surface area contributed by atoms with E-state index in [-0.39, 0.29) is 0 Å². The van der Waals surface area contributed by atoms with Gasteiger partial charge in [0.2, 0.25) is 0 Å². The van der Waals surface area contributed by atoms with Crippen LogP contribution >= 0.6 is 27.2 Å². The Morgan fingerprint density at radius 3 is 1.89 bits per heavy atom. The van der Waals surface area contributed by atoms with Gasteiger partial charge in [-0.25, -0.2) is 0 Å². The lowest BCUT2D eigenvalue weighted by molar-refractivity contribution is 0.886. The van der Waals surface area contributed by atoms with E-state index < -0.39 is 4.74 Å². The van der Waals surface area contributed by atoms with E-state index in [1.807, 2.05) is 0 Å². The minimum absolute atomic E-state index is 0.468. The van der Waals surface area contributed by atoms with Crippen LogP contribution in [0.5, 0.6) is 0 Å². The van der Waals surface area contributed by atoms with Crippen molar-refractivity contribution in [1.82, 2.24) is 0 Å². The summed E-state index contributed by atoms with van der Waals surface area (Å²) in [6.45, 7) is 0. The molecule has 1 fully saturated rings. The highest BCUT2D eigenvalue weighted by Gasteiger charge is 2.26. The molecule has 0 nitrogen and oxygen atoms in total. The first-order valence-electron chi connectivity index (χ1n) is 3.10. The van der Waals surface area contributed by atoms with Gasteiger partial charge in [-0.05, 0) is 12.8 Å². The third kappa shape index (κ3) is 2.38. The monoisotopic (exact) mass is 202 g/mol. The van der Waals surface area contributed by atoms with Gasteiger partial charge >= 0.3 is 0 Å². The molecule has 0 unspecified atom stereocenters. The second-order valence-electron chi connectivity index (χ2n) is 2.44. The first kappa shape index (κ1) is 8.33. The zero-order chi connectivity index (χ0) is 6.91. The van der Waals surface area contributed by atoms with Gasteiger partial charge in [0.25, 0.3) is 0 Å². The maximum Gasteiger partial charge on any atom is 0.122 e. The van der Waals surface area contributed by atoms with Crippen molar-refractivity contribution < 1.29 is 0 Å². The summed E-state index contributed by atoms with van der Waals surface area (Å²) in [6, 6.07) is 0. The van der Waals surface area contributed by atoms with Crippen LogP contribution in [0, 0.1) is 0 Å². The summed E-state index contributed by atoms with van der Waals surface area (Å²) in [5, 5.41) is 0. The Morgan fingerprint density at radius 1 is 1.22 bits per heavy atom. The van der Waals surface area contributed by atoms with Gasteiger partial charge < -0.3 is 0 Å². The maximum atomic E-state index is 5.83. The van der Waals surface area contributed by atoms with Crippen molar-refractivity contribution in [1.29, 1.82) is 0 Å². The highest BCUT2D eigenvalue weighted by molar-refractivity contribution is 8.39. The molecule has 0 aromatic rings. The topological polar surface area (TPSA) is 0 Å². The van der Waals surface area contributed by atoms with E-state index in [9.17, 15) is 0 Å². The van der Waals surface area contributed by atoms with Crippen LogP contribution in [0.3, 0.4) is 0 Å². The molecule has 1 saturated carbocycles. The van der Waals surface area contributed by atoms with Crippen LogP contribution in [-0.2, 0) is 11.8 Å². The summed E-state index contributed by atoms with van der Waals surface area (Å²) < 4.78 is -1.94. The Balaban J connectivity index is 2.52. The first-order chi connectivity index (χ1) is 4.11. The molecule has 1 aliphatic carbocycles. The lowest BCUT2D eigenvalue weighted by Gasteiger charge is -2.11. The van der Waals surface area contributed by atoms with E-state index in [1.165, 1.54) is 12.8 Å². The van der Waals surface area contributed by atoms with Crippen LogP contribution in [0.1, 0.15) is 25.7 Å². The van der Waals surface area contributed by atoms with Gasteiger partial charge in [0.1, 0.15) is 4.74 Å². The van der Waals surface area contributed by atoms with Crippen LogP contribution in [0.2, 0.25) is 0 Å². The predicted molar refractivity (Wildman–Crippen MR) is 48.2 cm³/mol. The molecule has 0 radical (unpaired) electrons. The van der Waals surface area contributed by atoms with Gasteiger partial charge in [0, 0.05) is 5.66 Å². The molecule has 1 aliphatic rings. The summed E-state index contributed by atoms with van der Waals surface area (Å²) in [5.74, 6) is 0. The Labute approximate surface area is 70.5 Å². The third-order valence-corrected chi connectivity index (χ3v) is 5.67. The molecule has 0 aliphatic heterocycles. The molecule has 1 rings (SSSR count). The number of hydrogen-bond acceptors (Lipinski definition) is 1. The molecule has 0 aromatic carbocycles. The van der Waals surface area contributed by atoms with Gasteiger partial charge in [-0.1, -0.05) is 47.1 Å². The standard InChI is InChI=1S/C5H9Cl2PS/c6-8(7,9)5-3-1-2-4-5/h5H,1-4H2. The highest BCUT2D eigenvalue weighted by Crippen LogP contribution is 2.65. The number of rotatable bonds is 1. The van der Waals surface area contributed by atoms with Crippen LogP contribution in [0.4, 0.5) is 0 Å². The fraction of sp³-hybridized carbons (Fsp3) is 1.00.